The Kier molecular flexibility index (Phi) is 3.40. The van der Waals surface area contributed by atoms with Gasteiger partial charge in [-0.2, -0.15) is 0 Å². The second kappa shape index (κ2) is 4.72. The Bertz CT molecular complexity index is 612. The van der Waals surface area contributed by atoms with Crippen LogP contribution in [-0.2, 0) is 5.54 Å². The molecule has 1 aromatic carbocycles. The number of hydrogen-bond acceptors (Lipinski definition) is 1. The molecule has 102 valence electrons. The minimum absolute atomic E-state index is 0.0578. The maximum absolute atomic E-state index is 12.7. The molecule has 0 saturated carbocycles. The van der Waals surface area contributed by atoms with Crippen molar-refractivity contribution in [2.45, 2.75) is 46.1 Å². The van der Waals surface area contributed by atoms with Gasteiger partial charge in [0.1, 0.15) is 0 Å². The minimum Gasteiger partial charge on any atom is -0.298 e. The number of aromatic nitrogens is 2. The van der Waals surface area contributed by atoms with Crippen LogP contribution in [0.5, 0.6) is 0 Å². The molecule has 0 aliphatic rings. The maximum Gasteiger partial charge on any atom is 0.275 e. The summed E-state index contributed by atoms with van der Waals surface area (Å²) in [7, 11) is 0. The molecule has 0 aliphatic carbocycles. The molecule has 0 radical (unpaired) electrons. The summed E-state index contributed by atoms with van der Waals surface area (Å²) in [5.41, 5.74) is 2.60. The third-order valence-corrected chi connectivity index (χ3v) is 3.23. The van der Waals surface area contributed by atoms with Crippen LogP contribution in [-0.4, -0.2) is 9.78 Å². The third kappa shape index (κ3) is 2.50. The zero-order valence-corrected chi connectivity index (χ0v) is 12.3. The predicted molar refractivity (Wildman–Crippen MR) is 79.6 cm³/mol. The van der Waals surface area contributed by atoms with Gasteiger partial charge in [-0.05, 0) is 32.3 Å². The van der Waals surface area contributed by atoms with E-state index in [-0.39, 0.29) is 17.0 Å². The van der Waals surface area contributed by atoms with Gasteiger partial charge in [0.15, 0.2) is 0 Å². The molecule has 19 heavy (non-hydrogen) atoms. The predicted octanol–water partition coefficient (Wildman–Crippen LogP) is 3.72. The molecule has 1 aromatic heterocycles. The summed E-state index contributed by atoms with van der Waals surface area (Å²) in [4.78, 5) is 12.7. The van der Waals surface area contributed by atoms with Crippen LogP contribution >= 0.6 is 0 Å². The Morgan fingerprint density at radius 1 is 1.11 bits per heavy atom. The van der Waals surface area contributed by atoms with Crippen molar-refractivity contribution in [3.05, 3.63) is 46.4 Å². The molecule has 0 atom stereocenters. The molecule has 0 amide bonds. The minimum atomic E-state index is -0.242. The second-order valence-corrected chi connectivity index (χ2v) is 6.23. The van der Waals surface area contributed by atoms with Gasteiger partial charge >= 0.3 is 0 Å². The van der Waals surface area contributed by atoms with Gasteiger partial charge in [0.25, 0.3) is 5.56 Å². The molecule has 0 fully saturated rings. The Morgan fingerprint density at radius 2 is 1.68 bits per heavy atom. The fraction of sp³-hybridized carbons (Fsp3) is 0.438. The van der Waals surface area contributed by atoms with Gasteiger partial charge in [0.05, 0.1) is 11.1 Å². The smallest absolute Gasteiger partial charge is 0.275 e. The second-order valence-electron chi connectivity index (χ2n) is 6.23. The van der Waals surface area contributed by atoms with E-state index in [1.165, 1.54) is 0 Å². The van der Waals surface area contributed by atoms with E-state index in [1.54, 1.807) is 4.68 Å². The average Bonchev–Trinajstić information content (AvgIpc) is 2.68. The first-order valence-corrected chi connectivity index (χ1v) is 6.73. The number of benzene rings is 1. The summed E-state index contributed by atoms with van der Waals surface area (Å²) in [6.07, 6.45) is 0. The SMILES string of the molecule is CC(C)c1[nH]n(C(C)(C)C)c(=O)c1-c1ccccc1. The highest BCUT2D eigenvalue weighted by Crippen LogP contribution is 2.26. The third-order valence-electron chi connectivity index (χ3n) is 3.23. The number of nitrogens with one attached hydrogen (secondary N) is 1. The van der Waals surface area contributed by atoms with Crippen LogP contribution < -0.4 is 5.56 Å². The highest BCUT2D eigenvalue weighted by molar-refractivity contribution is 5.65. The molecular weight excluding hydrogens is 236 g/mol. The molecule has 3 heteroatoms. The van der Waals surface area contributed by atoms with E-state index in [1.807, 2.05) is 51.1 Å². The normalized spacial score (nSPS) is 12.1. The Hall–Kier alpha value is -1.77. The number of aromatic amines is 1. The Morgan fingerprint density at radius 3 is 2.16 bits per heavy atom. The molecule has 0 spiro atoms. The van der Waals surface area contributed by atoms with E-state index in [2.05, 4.69) is 18.9 Å². The van der Waals surface area contributed by atoms with Gasteiger partial charge in [0.2, 0.25) is 0 Å². The average molecular weight is 258 g/mol. The lowest BCUT2D eigenvalue weighted by atomic mass is 10.00. The van der Waals surface area contributed by atoms with Gasteiger partial charge in [-0.15, -0.1) is 0 Å². The monoisotopic (exact) mass is 258 g/mol. The molecule has 3 nitrogen and oxygen atoms in total. The first-order valence-electron chi connectivity index (χ1n) is 6.73. The maximum atomic E-state index is 12.7. The van der Waals surface area contributed by atoms with E-state index >= 15 is 0 Å². The van der Waals surface area contributed by atoms with Crippen molar-refractivity contribution in [1.82, 2.24) is 9.78 Å². The van der Waals surface area contributed by atoms with E-state index in [0.29, 0.717) is 0 Å². The molecule has 2 rings (SSSR count). The highest BCUT2D eigenvalue weighted by atomic mass is 16.1. The quantitative estimate of drug-likeness (QED) is 0.875. The van der Waals surface area contributed by atoms with Gasteiger partial charge in [-0.3, -0.25) is 9.89 Å². The van der Waals surface area contributed by atoms with Crippen LogP contribution in [0.15, 0.2) is 35.1 Å². The summed E-state index contributed by atoms with van der Waals surface area (Å²) in [5, 5.41) is 3.29. The summed E-state index contributed by atoms with van der Waals surface area (Å²) in [5.74, 6) is 0.284. The van der Waals surface area contributed by atoms with Gasteiger partial charge in [-0.1, -0.05) is 44.2 Å². The van der Waals surface area contributed by atoms with Crippen molar-refractivity contribution in [1.29, 1.82) is 0 Å². The summed E-state index contributed by atoms with van der Waals surface area (Å²) >= 11 is 0. The molecule has 2 aromatic rings. The standard InChI is InChI=1S/C16H22N2O/c1-11(2)14-13(12-9-7-6-8-10-12)15(19)18(17-14)16(3,4)5/h6-11,17H,1-5H3. The van der Waals surface area contributed by atoms with Crippen LogP contribution in [0.4, 0.5) is 0 Å². The molecule has 1 heterocycles. The van der Waals surface area contributed by atoms with Gasteiger partial charge in [-0.25, -0.2) is 4.68 Å². The molecular formula is C16H22N2O. The number of hydrogen-bond donors (Lipinski definition) is 1. The topological polar surface area (TPSA) is 37.8 Å². The van der Waals surface area contributed by atoms with Crippen molar-refractivity contribution >= 4 is 0 Å². The van der Waals surface area contributed by atoms with Crippen molar-refractivity contribution in [3.63, 3.8) is 0 Å². The van der Waals surface area contributed by atoms with Gasteiger partial charge in [0, 0.05) is 5.69 Å². The lowest BCUT2D eigenvalue weighted by molar-refractivity contribution is 0.343. The highest BCUT2D eigenvalue weighted by Gasteiger charge is 2.23. The van der Waals surface area contributed by atoms with E-state index in [9.17, 15) is 4.79 Å². The number of H-pyrrole nitrogens is 1. The molecule has 0 unspecified atom stereocenters. The summed E-state index contributed by atoms with van der Waals surface area (Å²) < 4.78 is 1.73. The van der Waals surface area contributed by atoms with Crippen molar-refractivity contribution in [2.24, 2.45) is 0 Å². The molecule has 1 N–H and O–H groups in total. The largest absolute Gasteiger partial charge is 0.298 e. The van der Waals surface area contributed by atoms with Crippen LogP contribution in [0.2, 0.25) is 0 Å². The zero-order chi connectivity index (χ0) is 14.2. The lowest BCUT2D eigenvalue weighted by Gasteiger charge is -2.19. The van der Waals surface area contributed by atoms with E-state index < -0.39 is 0 Å². The molecule has 0 bridgehead atoms. The fourth-order valence-electron chi connectivity index (χ4n) is 2.23. The first kappa shape index (κ1) is 13.7. The van der Waals surface area contributed by atoms with Crippen molar-refractivity contribution < 1.29 is 0 Å². The number of rotatable bonds is 2. The molecule has 0 aliphatic heterocycles. The Balaban J connectivity index is 2.73. The number of nitrogens with zero attached hydrogens (tertiary/aromatic N) is 1. The fourth-order valence-corrected chi connectivity index (χ4v) is 2.23. The van der Waals surface area contributed by atoms with Crippen LogP contribution in [0, 0.1) is 0 Å². The van der Waals surface area contributed by atoms with Gasteiger partial charge < -0.3 is 0 Å². The van der Waals surface area contributed by atoms with Crippen molar-refractivity contribution in [3.8, 4) is 11.1 Å². The van der Waals surface area contributed by atoms with Crippen LogP contribution in [0.3, 0.4) is 0 Å². The lowest BCUT2D eigenvalue weighted by Crippen LogP contribution is -2.32. The zero-order valence-electron chi connectivity index (χ0n) is 12.3. The summed E-state index contributed by atoms with van der Waals surface area (Å²) in [6, 6.07) is 9.88. The van der Waals surface area contributed by atoms with Crippen molar-refractivity contribution in [2.75, 3.05) is 0 Å². The Labute approximate surface area is 114 Å². The van der Waals surface area contributed by atoms with E-state index in [0.717, 1.165) is 16.8 Å². The molecule has 0 saturated heterocycles. The summed E-state index contributed by atoms with van der Waals surface area (Å²) in [6.45, 7) is 10.3. The van der Waals surface area contributed by atoms with Crippen LogP contribution in [0.25, 0.3) is 11.1 Å². The first-order chi connectivity index (χ1) is 8.82. The van der Waals surface area contributed by atoms with E-state index in [4.69, 9.17) is 0 Å². The van der Waals surface area contributed by atoms with Crippen LogP contribution in [0.1, 0.15) is 46.2 Å².